The van der Waals surface area contributed by atoms with Crippen molar-refractivity contribution in [3.8, 4) is 0 Å². The SMILES string of the molecule is CCN1/C(=C/C=C/C2=[N+](C)c3ccc([N+](=O)[O-])cc3C2(C)C)C(C)(C)c2cc([N+](=O)[O-])ccc21. The molecule has 0 unspecified atom stereocenters. The van der Waals surface area contributed by atoms with Gasteiger partial charge in [-0.15, -0.1) is 0 Å². The maximum absolute atomic E-state index is 11.3. The van der Waals surface area contributed by atoms with E-state index in [0.29, 0.717) is 0 Å². The Hall–Kier alpha value is -3.81. The molecule has 0 spiro atoms. The first kappa shape index (κ1) is 23.4. The highest BCUT2D eigenvalue weighted by atomic mass is 16.6. The Bertz CT molecular complexity index is 1320. The summed E-state index contributed by atoms with van der Waals surface area (Å²) in [6, 6.07) is 10.1. The second-order valence-corrected chi connectivity index (χ2v) is 9.77. The van der Waals surface area contributed by atoms with Gasteiger partial charge < -0.3 is 4.90 Å². The molecule has 0 amide bonds. The number of hydrogen-bond donors (Lipinski definition) is 0. The van der Waals surface area contributed by atoms with Crippen LogP contribution in [0, 0.1) is 20.2 Å². The van der Waals surface area contributed by atoms with Gasteiger partial charge >= 0.3 is 0 Å². The zero-order chi connectivity index (χ0) is 25.0. The fourth-order valence-electron chi connectivity index (χ4n) is 5.29. The number of rotatable bonds is 5. The number of nitro groups is 2. The smallest absolute Gasteiger partial charge is 0.270 e. The van der Waals surface area contributed by atoms with Crippen LogP contribution >= 0.6 is 0 Å². The Morgan fingerprint density at radius 3 is 2.12 bits per heavy atom. The molecule has 34 heavy (non-hydrogen) atoms. The summed E-state index contributed by atoms with van der Waals surface area (Å²) in [5.74, 6) is 0. The van der Waals surface area contributed by atoms with Gasteiger partial charge in [0.2, 0.25) is 5.69 Å². The zero-order valence-corrected chi connectivity index (χ0v) is 20.3. The van der Waals surface area contributed by atoms with Gasteiger partial charge in [0.15, 0.2) is 5.71 Å². The molecular formula is C26H29N4O4+. The first-order chi connectivity index (χ1) is 15.9. The van der Waals surface area contributed by atoms with Gasteiger partial charge in [-0.3, -0.25) is 20.2 Å². The van der Waals surface area contributed by atoms with Crippen LogP contribution in [0.5, 0.6) is 0 Å². The van der Waals surface area contributed by atoms with Crippen LogP contribution in [-0.2, 0) is 10.8 Å². The summed E-state index contributed by atoms with van der Waals surface area (Å²) in [4.78, 5) is 24.1. The van der Waals surface area contributed by atoms with Crippen LogP contribution in [0.2, 0.25) is 0 Å². The van der Waals surface area contributed by atoms with Crippen LogP contribution in [0.4, 0.5) is 22.7 Å². The molecule has 2 aromatic rings. The lowest BCUT2D eigenvalue weighted by Gasteiger charge is -2.25. The molecule has 0 saturated carbocycles. The quantitative estimate of drug-likeness (QED) is 0.320. The van der Waals surface area contributed by atoms with E-state index in [9.17, 15) is 20.2 Å². The van der Waals surface area contributed by atoms with Crippen molar-refractivity contribution in [3.63, 3.8) is 0 Å². The third-order valence-electron chi connectivity index (χ3n) is 7.14. The fourth-order valence-corrected chi connectivity index (χ4v) is 5.29. The van der Waals surface area contributed by atoms with E-state index >= 15 is 0 Å². The molecule has 2 aliphatic rings. The minimum atomic E-state index is -0.398. The standard InChI is InChI=1S/C26H29N4O4/c1-7-28-22-14-12-18(30(33)34)16-20(22)26(4,5)24(28)10-8-9-23-25(2,3)19-15-17(29(31)32)11-13-21(19)27(23)6/h8-16H,7H2,1-6H3/q+1. The van der Waals surface area contributed by atoms with Gasteiger partial charge in [-0.05, 0) is 38.5 Å². The first-order valence-electron chi connectivity index (χ1n) is 11.3. The Balaban J connectivity index is 1.72. The number of fused-ring (bicyclic) bond motifs is 2. The van der Waals surface area contributed by atoms with E-state index in [1.807, 2.05) is 25.3 Å². The summed E-state index contributed by atoms with van der Waals surface area (Å²) in [6.07, 6.45) is 6.12. The number of allylic oxidation sites excluding steroid dienone is 4. The normalized spacial score (nSPS) is 19.1. The summed E-state index contributed by atoms with van der Waals surface area (Å²) in [7, 11) is 1.97. The molecule has 2 aliphatic heterocycles. The van der Waals surface area contributed by atoms with E-state index in [0.717, 1.165) is 40.5 Å². The van der Waals surface area contributed by atoms with Crippen LogP contribution < -0.4 is 4.90 Å². The molecule has 0 N–H and O–H groups in total. The molecule has 0 fully saturated rings. The highest BCUT2D eigenvalue weighted by Gasteiger charge is 2.44. The lowest BCUT2D eigenvalue weighted by atomic mass is 9.81. The second-order valence-electron chi connectivity index (χ2n) is 9.77. The van der Waals surface area contributed by atoms with Crippen molar-refractivity contribution in [1.82, 2.24) is 0 Å². The highest BCUT2D eigenvalue weighted by molar-refractivity contribution is 6.03. The summed E-state index contributed by atoms with van der Waals surface area (Å²) in [6.45, 7) is 11.1. The number of hydrogen-bond acceptors (Lipinski definition) is 5. The Morgan fingerprint density at radius 2 is 1.53 bits per heavy atom. The highest BCUT2D eigenvalue weighted by Crippen LogP contribution is 2.48. The van der Waals surface area contributed by atoms with Gasteiger partial charge in [-0.2, -0.15) is 4.58 Å². The van der Waals surface area contributed by atoms with Crippen molar-refractivity contribution in [2.45, 2.75) is 45.4 Å². The fraction of sp³-hybridized carbons (Fsp3) is 0.346. The van der Waals surface area contributed by atoms with E-state index < -0.39 is 10.8 Å². The number of likely N-dealkylation sites (N-methyl/N-ethyl adjacent to an activating group) is 1. The van der Waals surface area contributed by atoms with Gasteiger partial charge in [0.05, 0.1) is 15.3 Å². The third-order valence-corrected chi connectivity index (χ3v) is 7.14. The van der Waals surface area contributed by atoms with E-state index in [4.69, 9.17) is 0 Å². The largest absolute Gasteiger partial charge is 0.344 e. The predicted molar refractivity (Wildman–Crippen MR) is 133 cm³/mol. The maximum Gasteiger partial charge on any atom is 0.270 e. The van der Waals surface area contributed by atoms with Crippen LogP contribution in [-0.4, -0.2) is 33.7 Å². The van der Waals surface area contributed by atoms with Crippen molar-refractivity contribution < 1.29 is 14.4 Å². The molecule has 8 nitrogen and oxygen atoms in total. The molecule has 0 radical (unpaired) electrons. The topological polar surface area (TPSA) is 92.5 Å². The summed E-state index contributed by atoms with van der Waals surface area (Å²) in [5.41, 5.74) is 5.30. The molecule has 0 aromatic heterocycles. The summed E-state index contributed by atoms with van der Waals surface area (Å²) in [5, 5.41) is 22.6. The van der Waals surface area contributed by atoms with Gasteiger partial charge in [0.25, 0.3) is 11.4 Å². The lowest BCUT2D eigenvalue weighted by Crippen LogP contribution is -2.27. The zero-order valence-electron chi connectivity index (χ0n) is 20.3. The molecule has 0 aliphatic carbocycles. The third kappa shape index (κ3) is 3.41. The van der Waals surface area contributed by atoms with Gasteiger partial charge in [0.1, 0.15) is 7.05 Å². The first-order valence-corrected chi connectivity index (χ1v) is 11.3. The van der Waals surface area contributed by atoms with Crippen molar-refractivity contribution in [2.24, 2.45) is 0 Å². The van der Waals surface area contributed by atoms with Crippen molar-refractivity contribution >= 4 is 28.5 Å². The van der Waals surface area contributed by atoms with Crippen LogP contribution in [0.1, 0.15) is 45.7 Å². The van der Waals surface area contributed by atoms with Crippen LogP contribution in [0.15, 0.2) is 60.3 Å². The van der Waals surface area contributed by atoms with Gasteiger partial charge in [-0.1, -0.05) is 19.9 Å². The maximum atomic E-state index is 11.3. The van der Waals surface area contributed by atoms with E-state index in [2.05, 4.69) is 50.2 Å². The van der Waals surface area contributed by atoms with Crippen LogP contribution in [0.3, 0.4) is 0 Å². The average molecular weight is 462 g/mol. The molecule has 0 saturated heterocycles. The number of benzene rings is 2. The van der Waals surface area contributed by atoms with Crippen molar-refractivity contribution in [2.75, 3.05) is 18.5 Å². The molecule has 0 bridgehead atoms. The Labute approximate surface area is 198 Å². The molecule has 4 rings (SSSR count). The molecular weight excluding hydrogens is 432 g/mol. The monoisotopic (exact) mass is 461 g/mol. The molecule has 2 aromatic carbocycles. The van der Waals surface area contributed by atoms with Crippen molar-refractivity contribution in [3.05, 3.63) is 91.7 Å². The number of nitrogens with zero attached hydrogens (tertiary/aromatic N) is 4. The Kier molecular flexibility index (Phi) is 5.43. The second kappa shape index (κ2) is 7.90. The molecule has 0 atom stereocenters. The minimum absolute atomic E-state index is 0.0886. The molecule has 2 heterocycles. The van der Waals surface area contributed by atoms with E-state index in [1.54, 1.807) is 24.3 Å². The number of nitro benzene ring substituents is 2. The average Bonchev–Trinajstić information content (AvgIpc) is 3.11. The molecule has 176 valence electrons. The summed E-state index contributed by atoms with van der Waals surface area (Å²) < 4.78 is 2.07. The van der Waals surface area contributed by atoms with E-state index in [-0.39, 0.29) is 21.2 Å². The summed E-state index contributed by atoms with van der Waals surface area (Å²) >= 11 is 0. The van der Waals surface area contributed by atoms with Crippen molar-refractivity contribution in [1.29, 1.82) is 0 Å². The minimum Gasteiger partial charge on any atom is -0.344 e. The lowest BCUT2D eigenvalue weighted by molar-refractivity contribution is -0.402. The van der Waals surface area contributed by atoms with Gasteiger partial charge in [0, 0.05) is 65.3 Å². The number of anilines is 1. The van der Waals surface area contributed by atoms with Gasteiger partial charge in [-0.25, -0.2) is 0 Å². The molecule has 8 heteroatoms. The van der Waals surface area contributed by atoms with E-state index in [1.165, 1.54) is 6.07 Å². The number of non-ortho nitro benzene ring substituents is 2. The predicted octanol–water partition coefficient (Wildman–Crippen LogP) is 5.77. The Morgan fingerprint density at radius 1 is 0.941 bits per heavy atom. The van der Waals surface area contributed by atoms with Crippen LogP contribution in [0.25, 0.3) is 0 Å².